The van der Waals surface area contributed by atoms with Gasteiger partial charge >= 0.3 is 19.8 Å². The van der Waals surface area contributed by atoms with E-state index in [0.717, 1.165) is 0 Å². The summed E-state index contributed by atoms with van der Waals surface area (Å²) >= 11 is 12.1. The first-order valence-corrected chi connectivity index (χ1v) is 11.3. The number of carboxylic acids is 2. The number of carbonyl (C=O) groups is 2. The summed E-state index contributed by atoms with van der Waals surface area (Å²) in [4.78, 5) is 38.3. The monoisotopic (exact) mass is 513 g/mol. The summed E-state index contributed by atoms with van der Waals surface area (Å²) in [5.41, 5.74) is 1.63. The smallest absolute Gasteiger partial charge is 0.481 e. The minimum atomic E-state index is -4.72. The van der Waals surface area contributed by atoms with Crippen LogP contribution in [0.15, 0.2) is 66.7 Å². The largest absolute Gasteiger partial charge is 0.524 e. The highest BCUT2D eigenvalue weighted by Gasteiger charge is 2.20. The van der Waals surface area contributed by atoms with Crippen LogP contribution in [0.3, 0.4) is 0 Å². The lowest BCUT2D eigenvalue weighted by molar-refractivity contribution is -0.136. The lowest BCUT2D eigenvalue weighted by Gasteiger charge is -2.13. The van der Waals surface area contributed by atoms with Gasteiger partial charge in [0, 0.05) is 5.69 Å². The molecule has 0 saturated heterocycles. The summed E-state index contributed by atoms with van der Waals surface area (Å²) in [6.45, 7) is 0. The molecule has 0 unspecified atom stereocenters. The molecule has 33 heavy (non-hydrogen) atoms. The van der Waals surface area contributed by atoms with Crippen LogP contribution < -0.4 is 9.84 Å². The van der Waals surface area contributed by atoms with Crippen molar-refractivity contribution < 1.29 is 38.7 Å². The third kappa shape index (κ3) is 8.42. The second-order valence-electron chi connectivity index (χ2n) is 6.33. The van der Waals surface area contributed by atoms with Gasteiger partial charge in [-0.2, -0.15) is 0 Å². The second-order valence-corrected chi connectivity index (χ2v) is 8.31. The van der Waals surface area contributed by atoms with Gasteiger partial charge in [0.25, 0.3) is 0 Å². The van der Waals surface area contributed by atoms with Gasteiger partial charge in [0.15, 0.2) is 0 Å². The van der Waals surface area contributed by atoms with E-state index in [2.05, 4.69) is 9.84 Å². The number of rotatable bonds is 7. The SMILES string of the molecule is O=C(O)Cc1ccccc1Nc1c(Cl)cccc1Cl.O=C(O)c1ccccc1OP(=O)(O)O. The van der Waals surface area contributed by atoms with Gasteiger partial charge in [0.2, 0.25) is 0 Å². The van der Waals surface area contributed by atoms with Crippen molar-refractivity contribution in [2.75, 3.05) is 5.32 Å². The maximum Gasteiger partial charge on any atom is 0.524 e. The fourth-order valence-corrected chi connectivity index (χ4v) is 3.47. The van der Waals surface area contributed by atoms with Crippen LogP contribution in [0.2, 0.25) is 10.0 Å². The van der Waals surface area contributed by atoms with E-state index in [0.29, 0.717) is 27.0 Å². The zero-order valence-corrected chi connectivity index (χ0v) is 19.1. The number of hydrogen-bond donors (Lipinski definition) is 5. The highest BCUT2D eigenvalue weighted by atomic mass is 35.5. The Kier molecular flexibility index (Phi) is 9.28. The Balaban J connectivity index is 0.000000245. The minimum Gasteiger partial charge on any atom is -0.481 e. The van der Waals surface area contributed by atoms with Crippen LogP contribution in [0.4, 0.5) is 11.4 Å². The van der Waals surface area contributed by atoms with Gasteiger partial charge in [-0.25, -0.2) is 9.36 Å². The van der Waals surface area contributed by atoms with E-state index in [9.17, 15) is 14.2 Å². The van der Waals surface area contributed by atoms with Crippen LogP contribution in [0.1, 0.15) is 15.9 Å². The Morgan fingerprint density at radius 2 is 1.45 bits per heavy atom. The Morgan fingerprint density at radius 3 is 2.03 bits per heavy atom. The summed E-state index contributed by atoms with van der Waals surface area (Å²) < 4.78 is 14.6. The average Bonchev–Trinajstić information content (AvgIpc) is 2.71. The van der Waals surface area contributed by atoms with Crippen molar-refractivity contribution in [2.24, 2.45) is 0 Å². The lowest BCUT2D eigenvalue weighted by atomic mass is 10.1. The summed E-state index contributed by atoms with van der Waals surface area (Å²) in [5.74, 6) is -2.55. The van der Waals surface area contributed by atoms with Crippen molar-refractivity contribution in [2.45, 2.75) is 6.42 Å². The molecule has 3 aromatic carbocycles. The third-order valence-corrected chi connectivity index (χ3v) is 4.98. The number of aliphatic carboxylic acids is 1. The molecule has 0 bridgehead atoms. The average molecular weight is 514 g/mol. The van der Waals surface area contributed by atoms with Gasteiger partial charge in [-0.05, 0) is 35.9 Å². The van der Waals surface area contributed by atoms with Crippen molar-refractivity contribution in [1.82, 2.24) is 0 Å². The highest BCUT2D eigenvalue weighted by Crippen LogP contribution is 2.39. The molecule has 9 nitrogen and oxygen atoms in total. The van der Waals surface area contributed by atoms with E-state index in [1.54, 1.807) is 36.4 Å². The summed E-state index contributed by atoms with van der Waals surface area (Å²) in [7, 11) is -4.72. The van der Waals surface area contributed by atoms with E-state index in [4.69, 9.17) is 43.2 Å². The van der Waals surface area contributed by atoms with Gasteiger partial charge in [-0.15, -0.1) is 0 Å². The quantitative estimate of drug-likeness (QED) is 0.267. The number of hydrogen-bond acceptors (Lipinski definition) is 5. The highest BCUT2D eigenvalue weighted by molar-refractivity contribution is 7.46. The van der Waals surface area contributed by atoms with Crippen molar-refractivity contribution >= 4 is 54.3 Å². The predicted molar refractivity (Wildman–Crippen MR) is 124 cm³/mol. The molecule has 0 atom stereocenters. The van der Waals surface area contributed by atoms with E-state index < -0.39 is 19.8 Å². The van der Waals surface area contributed by atoms with Crippen molar-refractivity contribution in [3.63, 3.8) is 0 Å². The number of halogens is 2. The molecule has 0 amide bonds. The number of anilines is 2. The minimum absolute atomic E-state index is 0.0642. The van der Waals surface area contributed by atoms with Gasteiger partial charge in [-0.1, -0.05) is 59.6 Å². The first-order valence-electron chi connectivity index (χ1n) is 9.06. The Bertz CT molecular complexity index is 1180. The molecule has 0 aliphatic heterocycles. The number of aromatic carboxylic acids is 1. The fourth-order valence-electron chi connectivity index (χ4n) is 2.56. The first kappa shape index (κ1) is 26.2. The molecular formula is C21H18Cl2NO8P. The number of para-hydroxylation sites is 3. The third-order valence-electron chi connectivity index (χ3n) is 3.92. The van der Waals surface area contributed by atoms with Gasteiger partial charge < -0.3 is 20.1 Å². The van der Waals surface area contributed by atoms with Gasteiger partial charge in [-0.3, -0.25) is 14.6 Å². The molecule has 0 aliphatic carbocycles. The normalized spacial score (nSPS) is 10.5. The van der Waals surface area contributed by atoms with Crippen LogP contribution in [0, 0.1) is 0 Å². The number of nitrogens with one attached hydrogen (secondary N) is 1. The van der Waals surface area contributed by atoms with Crippen LogP contribution >= 0.6 is 31.0 Å². The Labute approximate surface area is 198 Å². The van der Waals surface area contributed by atoms with Crippen LogP contribution in [-0.2, 0) is 15.8 Å². The maximum atomic E-state index is 10.8. The molecule has 0 radical (unpaired) electrons. The molecule has 0 aliphatic rings. The maximum absolute atomic E-state index is 10.8. The van der Waals surface area contributed by atoms with Gasteiger partial charge in [0.1, 0.15) is 11.3 Å². The summed E-state index contributed by atoms with van der Waals surface area (Å²) in [6.07, 6.45) is -0.0642. The predicted octanol–water partition coefficient (Wildman–Crippen LogP) is 5.22. The van der Waals surface area contributed by atoms with Crippen LogP contribution in [0.25, 0.3) is 0 Å². The van der Waals surface area contributed by atoms with Crippen molar-refractivity contribution in [1.29, 1.82) is 0 Å². The molecule has 12 heteroatoms. The molecule has 0 aromatic heterocycles. The molecule has 174 valence electrons. The second kappa shape index (κ2) is 11.7. The first-order chi connectivity index (χ1) is 15.5. The van der Waals surface area contributed by atoms with Crippen molar-refractivity contribution in [3.05, 3.63) is 87.9 Å². The molecular weight excluding hydrogens is 496 g/mol. The molecule has 3 aromatic rings. The van der Waals surface area contributed by atoms with Gasteiger partial charge in [0.05, 0.1) is 22.2 Å². The van der Waals surface area contributed by atoms with Crippen LogP contribution in [0.5, 0.6) is 5.75 Å². The zero-order chi connectivity index (χ0) is 24.6. The zero-order valence-electron chi connectivity index (χ0n) is 16.7. The molecule has 0 fully saturated rings. The van der Waals surface area contributed by atoms with Crippen LogP contribution in [-0.4, -0.2) is 31.9 Å². The topological polar surface area (TPSA) is 153 Å². The Morgan fingerprint density at radius 1 is 0.879 bits per heavy atom. The molecule has 0 saturated carbocycles. The fraction of sp³-hybridized carbons (Fsp3) is 0.0476. The molecule has 5 N–H and O–H groups in total. The molecule has 0 heterocycles. The standard InChI is InChI=1S/C14H11Cl2NO2.C7H7O6P/c15-10-5-3-6-11(16)14(10)17-12-7-2-1-4-9(12)8-13(18)19;8-7(9)5-3-1-2-4-6(5)13-14(10,11)12/h1-7,17H,8H2,(H,18,19);1-4H,(H,8,9)(H2,10,11,12). The lowest BCUT2D eigenvalue weighted by Crippen LogP contribution is -2.04. The van der Waals surface area contributed by atoms with E-state index >= 15 is 0 Å². The van der Waals surface area contributed by atoms with E-state index in [1.165, 1.54) is 24.3 Å². The summed E-state index contributed by atoms with van der Waals surface area (Å²) in [6, 6.07) is 17.5. The Hall–Kier alpha value is -3.07. The number of benzene rings is 3. The molecule has 0 spiro atoms. The van der Waals surface area contributed by atoms with E-state index in [-0.39, 0.29) is 17.7 Å². The molecule has 3 rings (SSSR count). The number of phosphoric acid groups is 1. The van der Waals surface area contributed by atoms with E-state index in [1.807, 2.05) is 6.07 Å². The van der Waals surface area contributed by atoms with Crippen molar-refractivity contribution in [3.8, 4) is 5.75 Å². The summed E-state index contributed by atoms with van der Waals surface area (Å²) in [5, 5.41) is 21.6. The number of carboxylic acid groups (broad SMARTS) is 2. The number of phosphoric ester groups is 1.